The van der Waals surface area contributed by atoms with Crippen LogP contribution in [0.25, 0.3) is 0 Å². The van der Waals surface area contributed by atoms with E-state index < -0.39 is 7.82 Å². The van der Waals surface area contributed by atoms with Crippen LogP contribution in [0, 0.1) is 0 Å². The van der Waals surface area contributed by atoms with Gasteiger partial charge in [-0.25, -0.2) is 0 Å². The van der Waals surface area contributed by atoms with Crippen LogP contribution in [0.15, 0.2) is 24.3 Å². The zero-order valence-electron chi connectivity index (χ0n) is 9.38. The van der Waals surface area contributed by atoms with Crippen molar-refractivity contribution in [2.75, 3.05) is 5.32 Å². The van der Waals surface area contributed by atoms with E-state index in [-0.39, 0.29) is 70.0 Å². The monoisotopic (exact) mass is 292 g/mol. The molecule has 0 saturated carbocycles. The molecule has 0 radical (unpaired) electrons. The molecule has 10 heteroatoms. The Balaban J connectivity index is 0. The molecule has 3 N–H and O–H groups in total. The van der Waals surface area contributed by atoms with Crippen LogP contribution in [0.3, 0.4) is 0 Å². The summed E-state index contributed by atoms with van der Waals surface area (Å²) in [5, 5.41) is 2.71. The van der Waals surface area contributed by atoms with Gasteiger partial charge in [-0.3, -0.25) is 0 Å². The van der Waals surface area contributed by atoms with Crippen LogP contribution in [-0.2, 0) is 4.57 Å². The van der Waals surface area contributed by atoms with Crippen LogP contribution in [0.2, 0.25) is 0 Å². The van der Waals surface area contributed by atoms with E-state index in [0.29, 0.717) is 5.69 Å². The summed E-state index contributed by atoms with van der Waals surface area (Å²) in [7, 11) is -5.00. The van der Waals surface area contributed by atoms with E-state index in [9.17, 15) is 14.4 Å². The van der Waals surface area contributed by atoms with E-state index in [1.807, 2.05) is 0 Å². The van der Waals surface area contributed by atoms with Crippen molar-refractivity contribution in [1.82, 2.24) is 0 Å². The normalized spacial score (nSPS) is 9.53. The molecule has 0 aliphatic heterocycles. The largest absolute Gasteiger partial charge is 1.00 e. The second kappa shape index (κ2) is 8.87. The molecule has 6 nitrogen and oxygen atoms in total. The fourth-order valence-electron chi connectivity index (χ4n) is 0.870. The Morgan fingerprint density at radius 2 is 1.76 bits per heavy atom. The number of anilines is 1. The minimum atomic E-state index is -5.00. The van der Waals surface area contributed by atoms with E-state index in [1.165, 1.54) is 24.3 Å². The van der Waals surface area contributed by atoms with Gasteiger partial charge in [-0.2, -0.15) is 0 Å². The summed E-state index contributed by atoms with van der Waals surface area (Å²) in [6, 6.07) is 5.57. The van der Waals surface area contributed by atoms with Crippen molar-refractivity contribution >= 4 is 30.8 Å². The first-order chi connectivity index (χ1) is 6.87. The van der Waals surface area contributed by atoms with Crippen molar-refractivity contribution < 1.29 is 78.0 Å². The molecule has 0 aliphatic rings. The van der Waals surface area contributed by atoms with Crippen LogP contribution in [0.1, 0.15) is 0 Å². The molecule has 0 heterocycles. The summed E-state index contributed by atoms with van der Waals surface area (Å²) >= 11 is 4.59. The number of nitrogens with two attached hydrogens (primary N) is 1. The van der Waals surface area contributed by atoms with Crippen molar-refractivity contribution in [3.63, 3.8) is 0 Å². The van der Waals surface area contributed by atoms with E-state index in [4.69, 9.17) is 5.73 Å². The minimum absolute atomic E-state index is 0. The summed E-state index contributed by atoms with van der Waals surface area (Å²) < 4.78 is 14.4. The minimum Gasteiger partial charge on any atom is -0.780 e. The second-order valence-electron chi connectivity index (χ2n) is 2.55. The molecular weight excluding hydrogens is 285 g/mol. The van der Waals surface area contributed by atoms with Crippen molar-refractivity contribution in [2.45, 2.75) is 0 Å². The molecule has 0 saturated heterocycles. The Kier molecular flexibility index (Phi) is 10.5. The van der Waals surface area contributed by atoms with Gasteiger partial charge >= 0.3 is 59.1 Å². The summed E-state index contributed by atoms with van der Waals surface area (Å²) in [5.41, 5.74) is 5.78. The molecule has 0 bridgehead atoms. The molecule has 0 unspecified atom stereocenters. The topological polar surface area (TPSA) is 110 Å². The van der Waals surface area contributed by atoms with Crippen molar-refractivity contribution in [3.05, 3.63) is 24.3 Å². The Bertz CT molecular complexity index is 411. The third-order valence-electron chi connectivity index (χ3n) is 1.34. The average molecular weight is 292 g/mol. The number of phosphoric acid groups is 1. The van der Waals surface area contributed by atoms with Gasteiger partial charge in [-0.1, -0.05) is 0 Å². The molecule has 0 aromatic heterocycles. The number of hydrogen-bond acceptors (Lipinski definition) is 5. The molecule has 0 fully saturated rings. The Morgan fingerprint density at radius 1 is 1.29 bits per heavy atom. The van der Waals surface area contributed by atoms with Crippen molar-refractivity contribution in [3.8, 4) is 5.75 Å². The molecule has 1 rings (SSSR count). The van der Waals surface area contributed by atoms with Crippen LogP contribution in [0.4, 0.5) is 5.69 Å². The van der Waals surface area contributed by atoms with E-state index in [2.05, 4.69) is 22.1 Å². The molecule has 0 amide bonds. The van der Waals surface area contributed by atoms with Crippen molar-refractivity contribution in [2.24, 2.45) is 5.73 Å². The Labute approximate surface area is 148 Å². The van der Waals surface area contributed by atoms with Crippen LogP contribution < -0.4 is 84.5 Å². The zero-order valence-corrected chi connectivity index (χ0v) is 15.1. The smallest absolute Gasteiger partial charge is 0.780 e. The van der Waals surface area contributed by atoms with Crippen LogP contribution in [0.5, 0.6) is 5.75 Å². The first-order valence-electron chi connectivity index (χ1n) is 3.75. The van der Waals surface area contributed by atoms with Gasteiger partial charge in [0.1, 0.15) is 13.6 Å². The Morgan fingerprint density at radius 3 is 2.12 bits per heavy atom. The van der Waals surface area contributed by atoms with Gasteiger partial charge in [-0.15, -0.1) is 0 Å². The van der Waals surface area contributed by atoms with Gasteiger partial charge in [-0.05, 0) is 36.5 Å². The molecule has 0 spiro atoms. The molecule has 1 aromatic carbocycles. The van der Waals surface area contributed by atoms with Gasteiger partial charge in [0.2, 0.25) is 0 Å². The SMILES string of the molecule is NC(=S)Nc1ccc(OP(=O)([O-])[O-])cc1.[Na+].[Na+]. The number of phosphoric ester groups is 1. The molecule has 82 valence electrons. The third-order valence-corrected chi connectivity index (χ3v) is 1.88. The van der Waals surface area contributed by atoms with Gasteiger partial charge in [0.25, 0.3) is 0 Å². The van der Waals surface area contributed by atoms with Gasteiger partial charge in [0.05, 0.1) is 0 Å². The van der Waals surface area contributed by atoms with E-state index >= 15 is 0 Å². The second-order valence-corrected chi connectivity index (χ2v) is 4.07. The molecule has 0 atom stereocenters. The molecule has 1 aromatic rings. The quantitative estimate of drug-likeness (QED) is 0.324. The summed E-state index contributed by atoms with van der Waals surface area (Å²) in [6.07, 6.45) is 0. The summed E-state index contributed by atoms with van der Waals surface area (Å²) in [6.45, 7) is 0. The van der Waals surface area contributed by atoms with Gasteiger partial charge < -0.3 is 29.9 Å². The summed E-state index contributed by atoms with van der Waals surface area (Å²) in [4.78, 5) is 20.5. The van der Waals surface area contributed by atoms with Gasteiger partial charge in [0, 0.05) is 5.69 Å². The fourth-order valence-corrected chi connectivity index (χ4v) is 1.37. The van der Waals surface area contributed by atoms with Crippen LogP contribution in [-0.4, -0.2) is 5.11 Å². The fraction of sp³-hybridized carbons (Fsp3) is 0. The van der Waals surface area contributed by atoms with Crippen LogP contribution >= 0.6 is 20.0 Å². The predicted molar refractivity (Wildman–Crippen MR) is 55.1 cm³/mol. The maximum absolute atomic E-state index is 10.3. The standard InChI is InChI=1S/C7H9N2O4PS.2Na/c8-7(15)9-5-1-3-6(4-2-5)13-14(10,11)12;;/h1-4H,(H3,8,9,15)(H2,10,11,12);;/q;2*+1/p-2. The number of rotatable bonds is 3. The predicted octanol–water partition coefficient (Wildman–Crippen LogP) is -6.44. The summed E-state index contributed by atoms with van der Waals surface area (Å²) in [5.74, 6) is -0.0585. The number of hydrogen-bond donors (Lipinski definition) is 2. The third kappa shape index (κ3) is 9.44. The molecule has 0 aliphatic carbocycles. The molecule has 17 heavy (non-hydrogen) atoms. The number of benzene rings is 1. The van der Waals surface area contributed by atoms with Gasteiger partial charge in [0.15, 0.2) is 5.11 Å². The van der Waals surface area contributed by atoms with E-state index in [0.717, 1.165) is 0 Å². The maximum Gasteiger partial charge on any atom is 1.00 e. The van der Waals surface area contributed by atoms with Crippen molar-refractivity contribution in [1.29, 1.82) is 0 Å². The first-order valence-corrected chi connectivity index (χ1v) is 5.62. The average Bonchev–Trinajstić information content (AvgIpc) is 2.05. The maximum atomic E-state index is 10.3. The molecular formula is C7H7N2Na2O4PS. The number of nitrogens with one attached hydrogen (secondary N) is 1. The van der Waals surface area contributed by atoms with E-state index in [1.54, 1.807) is 0 Å². The zero-order chi connectivity index (χ0) is 11.5. The number of thiocarbonyl (C=S) groups is 1. The Hall–Kier alpha value is 0.860. The first kappa shape index (κ1) is 20.2.